The number of aliphatic hydroxyl groups is 1. The standard InChI is InChI=1S/C9H17NO3S/c1-9(2,3)13-8(12)10-6-4-14-5-7(6)11/h6-7,11H,4-5H2,1-3H3,(H,10,12)/t6-,7+/m0/s1. The molecule has 1 amide bonds. The van der Waals surface area contributed by atoms with Gasteiger partial charge in [0.05, 0.1) is 12.1 Å². The van der Waals surface area contributed by atoms with Gasteiger partial charge in [-0.25, -0.2) is 4.79 Å². The van der Waals surface area contributed by atoms with Crippen molar-refractivity contribution in [3.05, 3.63) is 0 Å². The minimum Gasteiger partial charge on any atom is -0.444 e. The first kappa shape index (κ1) is 11.7. The predicted octanol–water partition coefficient (Wildman–Crippen LogP) is 0.987. The molecular weight excluding hydrogens is 202 g/mol. The van der Waals surface area contributed by atoms with Gasteiger partial charge < -0.3 is 15.2 Å². The second-order valence-corrected chi connectivity index (χ2v) is 5.43. The number of rotatable bonds is 1. The van der Waals surface area contributed by atoms with Crippen molar-refractivity contribution in [3.63, 3.8) is 0 Å². The summed E-state index contributed by atoms with van der Waals surface area (Å²) in [5.74, 6) is 1.43. The van der Waals surface area contributed by atoms with Crippen LogP contribution in [0.5, 0.6) is 0 Å². The molecule has 0 bridgehead atoms. The molecule has 4 nitrogen and oxygen atoms in total. The number of alkyl carbamates (subject to hydrolysis) is 1. The molecular formula is C9H17NO3S. The average molecular weight is 219 g/mol. The maximum atomic E-state index is 11.3. The van der Waals surface area contributed by atoms with E-state index in [-0.39, 0.29) is 6.04 Å². The largest absolute Gasteiger partial charge is 0.444 e. The molecule has 1 fully saturated rings. The van der Waals surface area contributed by atoms with Crippen LogP contribution in [0.25, 0.3) is 0 Å². The molecule has 1 saturated heterocycles. The van der Waals surface area contributed by atoms with Crippen LogP contribution in [0.1, 0.15) is 20.8 Å². The van der Waals surface area contributed by atoms with Crippen molar-refractivity contribution in [2.45, 2.75) is 38.5 Å². The molecule has 82 valence electrons. The molecule has 5 heteroatoms. The maximum Gasteiger partial charge on any atom is 0.407 e. The quantitative estimate of drug-likeness (QED) is 0.690. The van der Waals surface area contributed by atoms with E-state index in [2.05, 4.69) is 5.32 Å². The highest BCUT2D eigenvalue weighted by Gasteiger charge is 2.28. The highest BCUT2D eigenvalue weighted by atomic mass is 32.2. The zero-order valence-electron chi connectivity index (χ0n) is 8.74. The minimum absolute atomic E-state index is 0.171. The number of hydrogen-bond acceptors (Lipinski definition) is 4. The zero-order chi connectivity index (χ0) is 10.8. The van der Waals surface area contributed by atoms with Gasteiger partial charge in [0.15, 0.2) is 0 Å². The summed E-state index contributed by atoms with van der Waals surface area (Å²) in [5.41, 5.74) is -0.485. The molecule has 0 radical (unpaired) electrons. The smallest absolute Gasteiger partial charge is 0.407 e. The molecule has 2 atom stereocenters. The second-order valence-electron chi connectivity index (χ2n) is 4.36. The molecule has 0 saturated carbocycles. The third-order valence-corrected chi connectivity index (χ3v) is 2.92. The summed E-state index contributed by atoms with van der Waals surface area (Å²) >= 11 is 1.63. The van der Waals surface area contributed by atoms with Crippen molar-refractivity contribution in [1.82, 2.24) is 5.32 Å². The van der Waals surface area contributed by atoms with Gasteiger partial charge in [-0.15, -0.1) is 0 Å². The number of aliphatic hydroxyl groups excluding tert-OH is 1. The second kappa shape index (κ2) is 4.40. The Kier molecular flexibility index (Phi) is 3.66. The fourth-order valence-corrected chi connectivity index (χ4v) is 2.31. The number of carbonyl (C=O) groups excluding carboxylic acids is 1. The van der Waals surface area contributed by atoms with Crippen LogP contribution in [0.4, 0.5) is 4.79 Å². The summed E-state index contributed by atoms with van der Waals surface area (Å²) in [7, 11) is 0. The number of nitrogens with one attached hydrogen (secondary N) is 1. The van der Waals surface area contributed by atoms with Crippen molar-refractivity contribution in [2.75, 3.05) is 11.5 Å². The predicted molar refractivity (Wildman–Crippen MR) is 56.5 cm³/mol. The van der Waals surface area contributed by atoms with E-state index in [9.17, 15) is 9.90 Å². The Hall–Kier alpha value is -0.420. The lowest BCUT2D eigenvalue weighted by Gasteiger charge is -2.22. The van der Waals surface area contributed by atoms with Crippen LogP contribution >= 0.6 is 11.8 Å². The van der Waals surface area contributed by atoms with Crippen LogP contribution in [-0.4, -0.2) is 40.5 Å². The SMILES string of the molecule is CC(C)(C)OC(=O)N[C@H]1CSC[C@H]1O. The van der Waals surface area contributed by atoms with Gasteiger partial charge in [-0.05, 0) is 20.8 Å². The molecule has 14 heavy (non-hydrogen) atoms. The number of ether oxygens (including phenoxy) is 1. The van der Waals surface area contributed by atoms with E-state index in [0.29, 0.717) is 5.75 Å². The van der Waals surface area contributed by atoms with E-state index in [0.717, 1.165) is 5.75 Å². The summed E-state index contributed by atoms with van der Waals surface area (Å²) in [6.07, 6.45) is -0.906. The van der Waals surface area contributed by atoms with Crippen LogP contribution in [-0.2, 0) is 4.74 Å². The molecule has 1 aliphatic heterocycles. The van der Waals surface area contributed by atoms with E-state index in [4.69, 9.17) is 4.74 Å². The Bertz CT molecular complexity index is 215. The molecule has 2 N–H and O–H groups in total. The molecule has 0 aliphatic carbocycles. The Labute approximate surface area is 88.4 Å². The first-order valence-corrected chi connectivity index (χ1v) is 5.79. The van der Waals surface area contributed by atoms with Crippen LogP contribution < -0.4 is 5.32 Å². The Balaban J connectivity index is 2.33. The fourth-order valence-electron chi connectivity index (χ4n) is 1.14. The molecule has 1 aliphatic rings. The molecule has 0 aromatic heterocycles. The minimum atomic E-state index is -0.485. The summed E-state index contributed by atoms with van der Waals surface area (Å²) in [6.45, 7) is 5.44. The maximum absolute atomic E-state index is 11.3. The monoisotopic (exact) mass is 219 g/mol. The number of hydrogen-bond donors (Lipinski definition) is 2. The third kappa shape index (κ3) is 3.75. The van der Waals surface area contributed by atoms with E-state index in [1.165, 1.54) is 0 Å². The normalized spacial score (nSPS) is 27.4. The summed E-state index contributed by atoms with van der Waals surface area (Å²) in [4.78, 5) is 11.3. The van der Waals surface area contributed by atoms with E-state index < -0.39 is 17.8 Å². The van der Waals surface area contributed by atoms with Gasteiger partial charge in [-0.1, -0.05) is 0 Å². The molecule has 1 rings (SSSR count). The Morgan fingerprint density at radius 1 is 1.50 bits per heavy atom. The molecule has 0 spiro atoms. The summed E-state index contributed by atoms with van der Waals surface area (Å²) in [5, 5.41) is 12.1. The molecule has 0 unspecified atom stereocenters. The van der Waals surface area contributed by atoms with Crippen LogP contribution in [0.3, 0.4) is 0 Å². The highest BCUT2D eigenvalue weighted by Crippen LogP contribution is 2.18. The molecule has 0 aromatic rings. The average Bonchev–Trinajstić information content (AvgIpc) is 2.32. The highest BCUT2D eigenvalue weighted by molar-refractivity contribution is 7.99. The van der Waals surface area contributed by atoms with Crippen molar-refractivity contribution >= 4 is 17.9 Å². The number of thioether (sulfide) groups is 1. The first-order valence-electron chi connectivity index (χ1n) is 4.64. The van der Waals surface area contributed by atoms with Gasteiger partial charge in [0, 0.05) is 11.5 Å². The Morgan fingerprint density at radius 2 is 2.14 bits per heavy atom. The van der Waals surface area contributed by atoms with Gasteiger partial charge >= 0.3 is 6.09 Å². The van der Waals surface area contributed by atoms with E-state index in [1.807, 2.05) is 20.8 Å². The van der Waals surface area contributed by atoms with Crippen molar-refractivity contribution in [2.24, 2.45) is 0 Å². The lowest BCUT2D eigenvalue weighted by atomic mass is 10.2. The topological polar surface area (TPSA) is 58.6 Å². The van der Waals surface area contributed by atoms with Gasteiger partial charge in [0.2, 0.25) is 0 Å². The van der Waals surface area contributed by atoms with Crippen molar-refractivity contribution in [3.8, 4) is 0 Å². The fraction of sp³-hybridized carbons (Fsp3) is 0.889. The van der Waals surface area contributed by atoms with Gasteiger partial charge in [-0.3, -0.25) is 0 Å². The molecule has 1 heterocycles. The van der Waals surface area contributed by atoms with Crippen molar-refractivity contribution in [1.29, 1.82) is 0 Å². The summed E-state index contributed by atoms with van der Waals surface area (Å²) in [6, 6.07) is -0.171. The van der Waals surface area contributed by atoms with Gasteiger partial charge in [0.25, 0.3) is 0 Å². The lowest BCUT2D eigenvalue weighted by Crippen LogP contribution is -2.44. The number of amides is 1. The van der Waals surface area contributed by atoms with Gasteiger partial charge in [0.1, 0.15) is 5.60 Å². The Morgan fingerprint density at radius 3 is 2.57 bits per heavy atom. The first-order chi connectivity index (χ1) is 6.38. The van der Waals surface area contributed by atoms with Crippen LogP contribution in [0.15, 0.2) is 0 Å². The van der Waals surface area contributed by atoms with Gasteiger partial charge in [-0.2, -0.15) is 11.8 Å². The zero-order valence-corrected chi connectivity index (χ0v) is 9.56. The third-order valence-electron chi connectivity index (χ3n) is 1.75. The lowest BCUT2D eigenvalue weighted by molar-refractivity contribution is 0.0461. The van der Waals surface area contributed by atoms with E-state index >= 15 is 0 Å². The summed E-state index contributed by atoms with van der Waals surface area (Å²) < 4.78 is 5.08. The van der Waals surface area contributed by atoms with Crippen molar-refractivity contribution < 1.29 is 14.6 Å². The van der Waals surface area contributed by atoms with Crippen LogP contribution in [0.2, 0.25) is 0 Å². The van der Waals surface area contributed by atoms with Crippen LogP contribution in [0, 0.1) is 0 Å². The molecule has 0 aromatic carbocycles. The van der Waals surface area contributed by atoms with E-state index in [1.54, 1.807) is 11.8 Å². The number of carbonyl (C=O) groups is 1.